The van der Waals surface area contributed by atoms with E-state index >= 15 is 0 Å². The first-order chi connectivity index (χ1) is 19.1. The van der Waals surface area contributed by atoms with Gasteiger partial charge in [-0.15, -0.1) is 0 Å². The molecule has 0 aliphatic carbocycles. The second-order valence-electron chi connectivity index (χ2n) is 10.5. The quantitative estimate of drug-likeness (QED) is 0.465. The van der Waals surface area contributed by atoms with E-state index in [9.17, 15) is 27.6 Å². The number of nitrogens with zero attached hydrogens (tertiary/aromatic N) is 3. The molecule has 4 rings (SSSR count). The highest BCUT2D eigenvalue weighted by atomic mass is 35.5. The first kappa shape index (κ1) is 30.0. The van der Waals surface area contributed by atoms with Gasteiger partial charge >= 0.3 is 6.18 Å². The lowest BCUT2D eigenvalue weighted by molar-refractivity contribution is -0.137. The van der Waals surface area contributed by atoms with Gasteiger partial charge in [-0.05, 0) is 54.8 Å². The van der Waals surface area contributed by atoms with E-state index in [0.29, 0.717) is 31.0 Å². The molecule has 2 aromatic rings. The van der Waals surface area contributed by atoms with Gasteiger partial charge in [0.15, 0.2) is 5.78 Å². The van der Waals surface area contributed by atoms with E-state index < -0.39 is 17.6 Å². The summed E-state index contributed by atoms with van der Waals surface area (Å²) in [6.45, 7) is 6.34. The Labute approximate surface area is 237 Å². The highest BCUT2D eigenvalue weighted by Crippen LogP contribution is 2.29. The first-order valence-corrected chi connectivity index (χ1v) is 13.9. The fourth-order valence-corrected chi connectivity index (χ4v) is 5.31. The second-order valence-corrected chi connectivity index (χ2v) is 10.9. The summed E-state index contributed by atoms with van der Waals surface area (Å²) in [6, 6.07) is 11.5. The van der Waals surface area contributed by atoms with E-state index in [-0.39, 0.29) is 29.7 Å². The number of ketones is 1. The summed E-state index contributed by atoms with van der Waals surface area (Å²) in [6.07, 6.45) is -2.94. The molecule has 11 heteroatoms. The average molecular weight is 579 g/mol. The van der Waals surface area contributed by atoms with Crippen molar-refractivity contribution in [3.05, 3.63) is 70.2 Å². The van der Waals surface area contributed by atoms with E-state index in [4.69, 9.17) is 11.6 Å². The normalized spacial score (nSPS) is 18.6. The molecule has 2 heterocycles. The Morgan fingerprint density at radius 2 is 1.62 bits per heavy atom. The average Bonchev–Trinajstić information content (AvgIpc) is 3.38. The Kier molecular flexibility index (Phi) is 10.2. The van der Waals surface area contributed by atoms with Gasteiger partial charge in [-0.25, -0.2) is 0 Å². The standard InChI is InChI=1S/C29H34ClF3N4O3/c30-25-6-4-21(5-7-25)17-27(39)37-14-12-35(13-15-37)10-11-36-9-8-22(20-36)16-26(38)19-34-28(40)23-2-1-3-24(18-23)29(31,32)33/h1-7,18,22H,8-17,19-20H2,(H,34,40)/t22-/m0/s1. The zero-order valence-corrected chi connectivity index (χ0v) is 23.0. The van der Waals surface area contributed by atoms with Crippen molar-refractivity contribution < 1.29 is 27.6 Å². The monoisotopic (exact) mass is 578 g/mol. The molecule has 2 fully saturated rings. The molecule has 0 radical (unpaired) electrons. The lowest BCUT2D eigenvalue weighted by atomic mass is 10.0. The number of benzene rings is 2. The summed E-state index contributed by atoms with van der Waals surface area (Å²) in [4.78, 5) is 43.9. The molecule has 2 aromatic carbocycles. The SMILES string of the molecule is O=C(CNC(=O)c1cccc(C(F)(F)F)c1)C[C@@H]1CCN(CCN2CCN(C(=O)Cc3ccc(Cl)cc3)CC2)C1. The van der Waals surface area contributed by atoms with Gasteiger partial charge in [0.25, 0.3) is 5.91 Å². The molecule has 1 N–H and O–H groups in total. The highest BCUT2D eigenvalue weighted by molar-refractivity contribution is 6.30. The van der Waals surface area contributed by atoms with Crippen LogP contribution in [0.15, 0.2) is 48.5 Å². The van der Waals surface area contributed by atoms with Gasteiger partial charge in [-0.1, -0.05) is 29.8 Å². The Hall–Kier alpha value is -2.95. The largest absolute Gasteiger partial charge is 0.416 e. The zero-order valence-electron chi connectivity index (χ0n) is 22.3. The Balaban J connectivity index is 1.11. The van der Waals surface area contributed by atoms with Crippen LogP contribution in [0.1, 0.15) is 34.3 Å². The van der Waals surface area contributed by atoms with Gasteiger partial charge < -0.3 is 15.1 Å². The third kappa shape index (κ3) is 8.78. The number of Topliss-reactive ketones (excluding diaryl/α,β-unsaturated/α-hetero) is 1. The molecule has 1 atom stereocenters. The third-order valence-electron chi connectivity index (χ3n) is 7.51. The number of rotatable bonds is 10. The van der Waals surface area contributed by atoms with Gasteiger partial charge in [-0.3, -0.25) is 19.3 Å². The molecule has 2 saturated heterocycles. The number of carbonyl (C=O) groups excluding carboxylic acids is 3. The van der Waals surface area contributed by atoms with Crippen LogP contribution in [0.3, 0.4) is 0 Å². The van der Waals surface area contributed by atoms with Crippen molar-refractivity contribution >= 4 is 29.2 Å². The highest BCUT2D eigenvalue weighted by Gasteiger charge is 2.31. The smallest absolute Gasteiger partial charge is 0.345 e. The van der Waals surface area contributed by atoms with Crippen LogP contribution in [0.4, 0.5) is 13.2 Å². The minimum atomic E-state index is -4.54. The maximum absolute atomic E-state index is 12.9. The van der Waals surface area contributed by atoms with Gasteiger partial charge in [0.1, 0.15) is 0 Å². The number of hydrogen-bond donors (Lipinski definition) is 1. The summed E-state index contributed by atoms with van der Waals surface area (Å²) >= 11 is 5.92. The fourth-order valence-electron chi connectivity index (χ4n) is 5.19. The zero-order chi connectivity index (χ0) is 28.7. The topological polar surface area (TPSA) is 73.0 Å². The van der Waals surface area contributed by atoms with Crippen LogP contribution in [-0.4, -0.2) is 91.2 Å². The van der Waals surface area contributed by atoms with Crippen LogP contribution in [-0.2, 0) is 22.2 Å². The van der Waals surface area contributed by atoms with E-state index in [1.807, 2.05) is 17.0 Å². The van der Waals surface area contributed by atoms with Crippen LogP contribution in [0.2, 0.25) is 5.02 Å². The van der Waals surface area contributed by atoms with Crippen LogP contribution in [0.25, 0.3) is 0 Å². The van der Waals surface area contributed by atoms with Crippen molar-refractivity contribution in [1.82, 2.24) is 20.0 Å². The minimum absolute atomic E-state index is 0.124. The van der Waals surface area contributed by atoms with Crippen molar-refractivity contribution in [3.8, 4) is 0 Å². The number of piperazine rings is 1. The van der Waals surface area contributed by atoms with E-state index in [1.165, 1.54) is 12.1 Å². The summed E-state index contributed by atoms with van der Waals surface area (Å²) in [5.74, 6) is -0.508. The predicted molar refractivity (Wildman–Crippen MR) is 146 cm³/mol. The maximum Gasteiger partial charge on any atom is 0.416 e. The molecule has 2 amide bonds. The number of halogens is 4. The fraction of sp³-hybridized carbons (Fsp3) is 0.483. The second kappa shape index (κ2) is 13.6. The summed E-state index contributed by atoms with van der Waals surface area (Å²) in [5, 5.41) is 3.10. The summed E-state index contributed by atoms with van der Waals surface area (Å²) in [5.41, 5.74) is -0.0690. The van der Waals surface area contributed by atoms with Crippen molar-refractivity contribution in [2.75, 3.05) is 58.9 Å². The molecule has 0 unspecified atom stereocenters. The molecular formula is C29H34ClF3N4O3. The Morgan fingerprint density at radius 3 is 2.33 bits per heavy atom. The lowest BCUT2D eigenvalue weighted by Crippen LogP contribution is -2.50. The molecule has 40 heavy (non-hydrogen) atoms. The predicted octanol–water partition coefficient (Wildman–Crippen LogP) is 3.76. The van der Waals surface area contributed by atoms with Gasteiger partial charge in [-0.2, -0.15) is 13.2 Å². The Morgan fingerprint density at radius 1 is 0.925 bits per heavy atom. The molecule has 7 nitrogen and oxygen atoms in total. The van der Waals surface area contributed by atoms with E-state index in [1.54, 1.807) is 12.1 Å². The summed E-state index contributed by atoms with van der Waals surface area (Å²) in [7, 11) is 0. The molecule has 0 saturated carbocycles. The lowest BCUT2D eigenvalue weighted by Gasteiger charge is -2.35. The molecule has 0 spiro atoms. The number of amides is 2. The van der Waals surface area contributed by atoms with Crippen molar-refractivity contribution in [2.24, 2.45) is 5.92 Å². The molecular weight excluding hydrogens is 545 g/mol. The summed E-state index contributed by atoms with van der Waals surface area (Å²) < 4.78 is 38.6. The first-order valence-electron chi connectivity index (χ1n) is 13.5. The number of hydrogen-bond acceptors (Lipinski definition) is 5. The van der Waals surface area contributed by atoms with Crippen molar-refractivity contribution in [1.29, 1.82) is 0 Å². The molecule has 2 aliphatic heterocycles. The minimum Gasteiger partial charge on any atom is -0.345 e. The number of nitrogens with one attached hydrogen (secondary N) is 1. The molecule has 216 valence electrons. The van der Waals surface area contributed by atoms with Crippen LogP contribution in [0, 0.1) is 5.92 Å². The third-order valence-corrected chi connectivity index (χ3v) is 7.76. The van der Waals surface area contributed by atoms with E-state index in [0.717, 1.165) is 63.4 Å². The maximum atomic E-state index is 12.9. The van der Waals surface area contributed by atoms with Gasteiger partial charge in [0, 0.05) is 62.8 Å². The van der Waals surface area contributed by atoms with Crippen LogP contribution < -0.4 is 5.32 Å². The van der Waals surface area contributed by atoms with Crippen LogP contribution >= 0.6 is 11.6 Å². The van der Waals surface area contributed by atoms with Gasteiger partial charge in [0.05, 0.1) is 18.5 Å². The number of likely N-dealkylation sites (tertiary alicyclic amines) is 1. The Bertz CT molecular complexity index is 1180. The molecule has 2 aliphatic rings. The van der Waals surface area contributed by atoms with Crippen molar-refractivity contribution in [2.45, 2.75) is 25.4 Å². The van der Waals surface area contributed by atoms with Gasteiger partial charge in [0.2, 0.25) is 5.91 Å². The van der Waals surface area contributed by atoms with E-state index in [2.05, 4.69) is 15.1 Å². The van der Waals surface area contributed by atoms with Crippen LogP contribution in [0.5, 0.6) is 0 Å². The molecule has 0 aromatic heterocycles. The number of alkyl halides is 3. The number of carbonyl (C=O) groups is 3. The molecule has 0 bridgehead atoms. The van der Waals surface area contributed by atoms with Crippen molar-refractivity contribution in [3.63, 3.8) is 0 Å².